The van der Waals surface area contributed by atoms with Crippen LogP contribution >= 0.6 is 0 Å². The summed E-state index contributed by atoms with van der Waals surface area (Å²) < 4.78 is 9.75. The van der Waals surface area contributed by atoms with Gasteiger partial charge < -0.3 is 19.9 Å². The van der Waals surface area contributed by atoms with Crippen LogP contribution in [-0.2, 0) is 4.74 Å². The number of fused-ring (bicyclic) bond motifs is 2. The third-order valence-electron chi connectivity index (χ3n) is 7.00. The number of hydrogen-bond acceptors (Lipinski definition) is 6. The highest BCUT2D eigenvalue weighted by atomic mass is 16.6. The molecular formula is C29H31N7O2. The Bertz CT molecular complexity index is 1640. The van der Waals surface area contributed by atoms with Crippen molar-refractivity contribution in [2.24, 2.45) is 0 Å². The molecule has 1 amide bonds. The van der Waals surface area contributed by atoms with Crippen LogP contribution in [0.15, 0.2) is 37.3 Å². The van der Waals surface area contributed by atoms with E-state index in [1.165, 1.54) is 12.8 Å². The van der Waals surface area contributed by atoms with E-state index >= 15 is 0 Å². The van der Waals surface area contributed by atoms with Crippen molar-refractivity contribution >= 4 is 39.9 Å². The summed E-state index contributed by atoms with van der Waals surface area (Å²) in [5.74, 6) is 6.85. The second-order valence-electron chi connectivity index (χ2n) is 11.0. The van der Waals surface area contributed by atoms with Gasteiger partial charge in [0.1, 0.15) is 17.1 Å². The van der Waals surface area contributed by atoms with E-state index < -0.39 is 5.60 Å². The Kier molecular flexibility index (Phi) is 5.64. The van der Waals surface area contributed by atoms with E-state index in [1.807, 2.05) is 43.9 Å². The van der Waals surface area contributed by atoms with Crippen LogP contribution in [-0.4, -0.2) is 54.0 Å². The maximum absolute atomic E-state index is 12.7. The van der Waals surface area contributed by atoms with Crippen molar-refractivity contribution in [1.82, 2.24) is 29.2 Å². The van der Waals surface area contributed by atoms with E-state index in [-0.39, 0.29) is 12.1 Å². The summed E-state index contributed by atoms with van der Waals surface area (Å²) in [6, 6.07) is 6.62. The molecule has 1 aliphatic carbocycles. The molecule has 0 radical (unpaired) electrons. The average molecular weight is 510 g/mol. The first kappa shape index (κ1) is 24.0. The summed E-state index contributed by atoms with van der Waals surface area (Å²) in [5, 5.41) is 5.60. The Morgan fingerprint density at radius 1 is 1.18 bits per heavy atom. The molecule has 3 aromatic heterocycles. The summed E-state index contributed by atoms with van der Waals surface area (Å²) >= 11 is 0. The molecule has 38 heavy (non-hydrogen) atoms. The number of likely N-dealkylation sites (tertiary alicyclic amines) is 1. The molecule has 1 atom stereocenters. The van der Waals surface area contributed by atoms with Crippen LogP contribution in [0.4, 0.5) is 10.6 Å². The normalized spacial score (nSPS) is 17.6. The van der Waals surface area contributed by atoms with Crippen molar-refractivity contribution < 1.29 is 9.53 Å². The second kappa shape index (κ2) is 8.91. The van der Waals surface area contributed by atoms with Crippen molar-refractivity contribution in [1.29, 1.82) is 0 Å². The number of imidazole rings is 1. The fourth-order valence-electron chi connectivity index (χ4n) is 5.04. The third kappa shape index (κ3) is 4.36. The van der Waals surface area contributed by atoms with Crippen molar-refractivity contribution in [2.75, 3.05) is 18.8 Å². The van der Waals surface area contributed by atoms with E-state index in [0.717, 1.165) is 34.1 Å². The monoisotopic (exact) mass is 509 g/mol. The van der Waals surface area contributed by atoms with Gasteiger partial charge in [-0.05, 0) is 64.2 Å². The molecule has 0 spiro atoms. The minimum absolute atomic E-state index is 0.0520. The first-order chi connectivity index (χ1) is 18.2. The summed E-state index contributed by atoms with van der Waals surface area (Å²) in [6.07, 6.45) is 8.20. The van der Waals surface area contributed by atoms with E-state index in [9.17, 15) is 4.79 Å². The number of hydrogen-bond donors (Lipinski definition) is 1. The summed E-state index contributed by atoms with van der Waals surface area (Å²) in [7, 11) is 0. The second-order valence-corrected chi connectivity index (χ2v) is 11.0. The van der Waals surface area contributed by atoms with Crippen LogP contribution in [0.1, 0.15) is 68.9 Å². The van der Waals surface area contributed by atoms with Crippen LogP contribution in [0.3, 0.4) is 0 Å². The van der Waals surface area contributed by atoms with Crippen LogP contribution in [0.25, 0.3) is 28.0 Å². The fourth-order valence-corrected chi connectivity index (χ4v) is 5.04. The fraction of sp³-hybridized carbons (Fsp3) is 0.379. The molecule has 1 saturated heterocycles. The van der Waals surface area contributed by atoms with Gasteiger partial charge in [-0.1, -0.05) is 18.6 Å². The topological polar surface area (TPSA) is 104 Å². The highest BCUT2D eigenvalue weighted by molar-refractivity contribution is 5.98. The lowest BCUT2D eigenvalue weighted by Crippen LogP contribution is -2.35. The van der Waals surface area contributed by atoms with Crippen LogP contribution < -0.4 is 5.73 Å². The number of carbonyl (C=O) groups excluding carboxylic acids is 1. The zero-order valence-corrected chi connectivity index (χ0v) is 21.9. The molecule has 4 aromatic rings. The Labute approximate surface area is 221 Å². The minimum Gasteiger partial charge on any atom is -0.444 e. The van der Waals surface area contributed by atoms with E-state index in [4.69, 9.17) is 15.6 Å². The van der Waals surface area contributed by atoms with Gasteiger partial charge in [0.2, 0.25) is 0 Å². The lowest BCUT2D eigenvalue weighted by atomic mass is 10.1. The maximum atomic E-state index is 12.7. The van der Waals surface area contributed by atoms with Crippen molar-refractivity contribution in [3.8, 4) is 11.8 Å². The lowest BCUT2D eigenvalue weighted by molar-refractivity contribution is 0.0288. The molecule has 194 valence electrons. The van der Waals surface area contributed by atoms with Crippen molar-refractivity contribution in [3.05, 3.63) is 54.1 Å². The minimum atomic E-state index is -0.550. The quantitative estimate of drug-likeness (QED) is 0.393. The predicted molar refractivity (Wildman–Crippen MR) is 147 cm³/mol. The van der Waals surface area contributed by atoms with Gasteiger partial charge in [0.25, 0.3) is 0 Å². The molecule has 2 N–H and O–H groups in total. The predicted octanol–water partition coefficient (Wildman–Crippen LogP) is 4.92. The van der Waals surface area contributed by atoms with E-state index in [2.05, 4.69) is 39.0 Å². The number of amides is 1. The van der Waals surface area contributed by atoms with Gasteiger partial charge in [-0.25, -0.2) is 14.8 Å². The molecule has 1 aliphatic heterocycles. The number of aromatic nitrogens is 5. The van der Waals surface area contributed by atoms with Crippen LogP contribution in [0.2, 0.25) is 0 Å². The van der Waals surface area contributed by atoms with Gasteiger partial charge >= 0.3 is 6.09 Å². The first-order valence-electron chi connectivity index (χ1n) is 13.0. The molecule has 1 saturated carbocycles. The molecule has 0 unspecified atom stereocenters. The molecule has 2 aliphatic rings. The largest absolute Gasteiger partial charge is 0.444 e. The molecule has 9 heteroatoms. The molecule has 2 fully saturated rings. The Balaban J connectivity index is 1.36. The van der Waals surface area contributed by atoms with Gasteiger partial charge in [-0.2, -0.15) is 5.10 Å². The van der Waals surface area contributed by atoms with Crippen LogP contribution in [0, 0.1) is 11.8 Å². The lowest BCUT2D eigenvalue weighted by Gasteiger charge is -2.24. The standard InChI is InChI=1S/C29H31N7O2/c1-5-19-15-31-27(30)25-22(10-6-18-7-11-24-23(14-18)32-17-35(24)20-8-9-20)33-36(26(19)25)21-12-13-34(16-21)28(37)38-29(2,3)4/h5,7,11,14-15,17,20-21H,1,8-9,12-13,16H2,2-4H3,(H2,30,31)/t21-/m0/s1. The van der Waals surface area contributed by atoms with Gasteiger partial charge in [0.15, 0.2) is 0 Å². The van der Waals surface area contributed by atoms with Crippen LogP contribution in [0.5, 0.6) is 0 Å². The van der Waals surface area contributed by atoms with Gasteiger partial charge in [0, 0.05) is 36.5 Å². The molecule has 9 nitrogen and oxygen atoms in total. The van der Waals surface area contributed by atoms with Crippen molar-refractivity contribution in [3.63, 3.8) is 0 Å². The van der Waals surface area contributed by atoms with Gasteiger partial charge in [-0.15, -0.1) is 0 Å². The maximum Gasteiger partial charge on any atom is 0.410 e. The zero-order valence-electron chi connectivity index (χ0n) is 21.9. The number of nitrogens with two attached hydrogens (primary N) is 1. The number of anilines is 1. The SMILES string of the molecule is C=Cc1cnc(N)c2c(C#Cc3ccc4c(c3)ncn4C3CC3)nn([C@H]3CCN(C(=O)OC(C)(C)C)C3)c12. The number of carbonyl (C=O) groups is 1. The number of nitrogen functional groups attached to an aromatic ring is 1. The zero-order chi connectivity index (χ0) is 26.6. The number of pyridine rings is 1. The Hall–Kier alpha value is -4.32. The van der Waals surface area contributed by atoms with Gasteiger partial charge in [0.05, 0.1) is 34.3 Å². The molecule has 1 aromatic carbocycles. The first-order valence-corrected chi connectivity index (χ1v) is 13.0. The highest BCUT2D eigenvalue weighted by Gasteiger charge is 2.33. The molecule has 0 bridgehead atoms. The molecule has 6 rings (SSSR count). The molecular weight excluding hydrogens is 478 g/mol. The van der Waals surface area contributed by atoms with Crippen molar-refractivity contribution in [2.45, 2.75) is 57.7 Å². The molecule has 4 heterocycles. The summed E-state index contributed by atoms with van der Waals surface area (Å²) in [4.78, 5) is 23.3. The highest BCUT2D eigenvalue weighted by Crippen LogP contribution is 2.37. The smallest absolute Gasteiger partial charge is 0.410 e. The Morgan fingerprint density at radius 2 is 2.00 bits per heavy atom. The number of rotatable bonds is 3. The number of nitrogens with zero attached hydrogens (tertiary/aromatic N) is 6. The summed E-state index contributed by atoms with van der Waals surface area (Å²) in [5.41, 5.74) is 10.9. The van der Waals surface area contributed by atoms with E-state index in [0.29, 0.717) is 36.0 Å². The number of ether oxygens (including phenoxy) is 1. The number of benzene rings is 1. The van der Waals surface area contributed by atoms with E-state index in [1.54, 1.807) is 17.2 Å². The van der Waals surface area contributed by atoms with Gasteiger partial charge in [-0.3, -0.25) is 4.68 Å². The Morgan fingerprint density at radius 3 is 2.74 bits per heavy atom. The average Bonchev–Trinajstić information content (AvgIpc) is 3.27. The summed E-state index contributed by atoms with van der Waals surface area (Å²) in [6.45, 7) is 10.6. The third-order valence-corrected chi connectivity index (χ3v) is 7.00.